The summed E-state index contributed by atoms with van der Waals surface area (Å²) < 4.78 is 0. The quantitative estimate of drug-likeness (QED) is 0.767. The lowest BCUT2D eigenvalue weighted by Crippen LogP contribution is -2.13. The highest BCUT2D eigenvalue weighted by Crippen LogP contribution is 2.31. The molecular weight excluding hydrogens is 218 g/mol. The summed E-state index contributed by atoms with van der Waals surface area (Å²) in [5.41, 5.74) is 9.32. The van der Waals surface area contributed by atoms with Crippen molar-refractivity contribution < 1.29 is 0 Å². The van der Waals surface area contributed by atoms with Crippen LogP contribution in [0.4, 0.5) is 10.8 Å². The maximum Gasteiger partial charge on any atom is 0.186 e. The van der Waals surface area contributed by atoms with Gasteiger partial charge in [0, 0.05) is 29.9 Å². The fraction of sp³-hybridized carbons (Fsp3) is 0.250. The Morgan fingerprint density at radius 3 is 2.88 bits per heavy atom. The predicted molar refractivity (Wildman–Crippen MR) is 67.6 cm³/mol. The summed E-state index contributed by atoms with van der Waals surface area (Å²) in [6, 6.07) is 6.15. The van der Waals surface area contributed by atoms with Crippen molar-refractivity contribution in [3.05, 3.63) is 40.4 Å². The lowest BCUT2D eigenvalue weighted by atomic mass is 10.1. The van der Waals surface area contributed by atoms with Crippen molar-refractivity contribution in [2.24, 2.45) is 0 Å². The fourth-order valence-corrected chi connectivity index (χ4v) is 2.80. The summed E-state index contributed by atoms with van der Waals surface area (Å²) in [5.74, 6) is 0. The Kier molecular flexibility index (Phi) is 2.11. The van der Waals surface area contributed by atoms with Crippen LogP contribution in [0.3, 0.4) is 0 Å². The third kappa shape index (κ3) is 1.55. The van der Waals surface area contributed by atoms with Crippen LogP contribution in [0.1, 0.15) is 16.0 Å². The number of aryl methyl sites for hydroxylation is 1. The third-order valence-electron chi connectivity index (χ3n) is 2.83. The van der Waals surface area contributed by atoms with Crippen molar-refractivity contribution in [3.63, 3.8) is 0 Å². The van der Waals surface area contributed by atoms with Crippen molar-refractivity contribution in [2.45, 2.75) is 20.0 Å². The fourth-order valence-electron chi connectivity index (χ4n) is 2.04. The molecule has 0 amide bonds. The second-order valence-electron chi connectivity index (χ2n) is 4.14. The van der Waals surface area contributed by atoms with Crippen molar-refractivity contribution in [2.75, 3.05) is 10.6 Å². The summed E-state index contributed by atoms with van der Waals surface area (Å²) >= 11 is 1.74. The zero-order valence-corrected chi connectivity index (χ0v) is 9.92. The molecule has 0 unspecified atom stereocenters. The average molecular weight is 231 g/mol. The summed E-state index contributed by atoms with van der Waals surface area (Å²) in [6.45, 7) is 3.96. The Bertz CT molecular complexity index is 533. The molecule has 1 aromatic heterocycles. The first-order valence-electron chi connectivity index (χ1n) is 5.27. The Morgan fingerprint density at radius 2 is 2.12 bits per heavy atom. The van der Waals surface area contributed by atoms with Crippen LogP contribution in [0.2, 0.25) is 0 Å². The van der Waals surface area contributed by atoms with Gasteiger partial charge in [-0.05, 0) is 30.2 Å². The van der Waals surface area contributed by atoms with Crippen LogP contribution in [0.5, 0.6) is 0 Å². The minimum Gasteiger partial charge on any atom is -0.399 e. The molecule has 0 radical (unpaired) electrons. The number of aromatic nitrogens is 1. The average Bonchev–Trinajstić information content (AvgIpc) is 2.83. The molecule has 16 heavy (non-hydrogen) atoms. The van der Waals surface area contributed by atoms with Gasteiger partial charge in [-0.25, -0.2) is 4.98 Å². The van der Waals surface area contributed by atoms with E-state index in [2.05, 4.69) is 28.9 Å². The summed E-state index contributed by atoms with van der Waals surface area (Å²) in [7, 11) is 0. The number of nitrogens with two attached hydrogens (primary N) is 1. The summed E-state index contributed by atoms with van der Waals surface area (Å²) in [6.07, 6.45) is 1.93. The molecule has 1 aliphatic rings. The van der Waals surface area contributed by atoms with E-state index >= 15 is 0 Å². The van der Waals surface area contributed by atoms with Crippen LogP contribution in [0.15, 0.2) is 24.4 Å². The van der Waals surface area contributed by atoms with Gasteiger partial charge in [0.25, 0.3) is 0 Å². The molecule has 2 heterocycles. The van der Waals surface area contributed by atoms with Gasteiger partial charge in [-0.1, -0.05) is 6.07 Å². The smallest absolute Gasteiger partial charge is 0.186 e. The predicted octanol–water partition coefficient (Wildman–Crippen LogP) is 2.55. The Morgan fingerprint density at radius 1 is 1.31 bits per heavy atom. The number of rotatable bonds is 1. The number of anilines is 2. The van der Waals surface area contributed by atoms with Gasteiger partial charge in [0.05, 0.1) is 0 Å². The maximum absolute atomic E-state index is 5.79. The maximum atomic E-state index is 5.79. The van der Waals surface area contributed by atoms with E-state index in [1.54, 1.807) is 11.3 Å². The number of nitrogens with zero attached hydrogens (tertiary/aromatic N) is 2. The Balaban J connectivity index is 1.90. The molecule has 1 aliphatic heterocycles. The number of benzene rings is 1. The highest BCUT2D eigenvalue weighted by atomic mass is 32.1. The summed E-state index contributed by atoms with van der Waals surface area (Å²) in [4.78, 5) is 7.96. The molecule has 82 valence electrons. The van der Waals surface area contributed by atoms with Gasteiger partial charge in [0.2, 0.25) is 0 Å². The van der Waals surface area contributed by atoms with Crippen LogP contribution < -0.4 is 10.6 Å². The molecular formula is C12H13N3S. The van der Waals surface area contributed by atoms with Gasteiger partial charge in [-0.3, -0.25) is 0 Å². The number of nitrogen functional groups attached to an aromatic ring is 1. The molecule has 0 saturated heterocycles. The monoisotopic (exact) mass is 231 g/mol. The summed E-state index contributed by atoms with van der Waals surface area (Å²) in [5, 5.41) is 1.10. The van der Waals surface area contributed by atoms with Crippen LogP contribution >= 0.6 is 11.3 Å². The topological polar surface area (TPSA) is 42.2 Å². The van der Waals surface area contributed by atoms with Gasteiger partial charge in [0.1, 0.15) is 0 Å². The highest BCUT2D eigenvalue weighted by molar-refractivity contribution is 7.15. The van der Waals surface area contributed by atoms with Crippen molar-refractivity contribution >= 4 is 22.2 Å². The highest BCUT2D eigenvalue weighted by Gasteiger charge is 2.20. The zero-order valence-electron chi connectivity index (χ0n) is 9.10. The molecule has 0 aliphatic carbocycles. The first-order chi connectivity index (χ1) is 7.72. The van der Waals surface area contributed by atoms with Crippen LogP contribution in [0.25, 0.3) is 0 Å². The molecule has 3 nitrogen and oxygen atoms in total. The van der Waals surface area contributed by atoms with Gasteiger partial charge in [-0.15, -0.1) is 11.3 Å². The van der Waals surface area contributed by atoms with Gasteiger partial charge in [-0.2, -0.15) is 0 Å². The molecule has 4 heteroatoms. The number of hydrogen-bond acceptors (Lipinski definition) is 4. The Labute approximate surface area is 98.5 Å². The van der Waals surface area contributed by atoms with E-state index in [1.165, 1.54) is 16.0 Å². The van der Waals surface area contributed by atoms with E-state index in [0.29, 0.717) is 0 Å². The number of thiazole rings is 1. The molecule has 2 N–H and O–H groups in total. The first kappa shape index (κ1) is 9.66. The van der Waals surface area contributed by atoms with E-state index in [0.717, 1.165) is 23.9 Å². The molecule has 0 bridgehead atoms. The minimum atomic E-state index is 0.843. The zero-order chi connectivity index (χ0) is 11.1. The van der Waals surface area contributed by atoms with Gasteiger partial charge < -0.3 is 10.6 Å². The van der Waals surface area contributed by atoms with E-state index < -0.39 is 0 Å². The van der Waals surface area contributed by atoms with E-state index in [9.17, 15) is 0 Å². The third-order valence-corrected chi connectivity index (χ3v) is 3.81. The van der Waals surface area contributed by atoms with E-state index in [1.807, 2.05) is 12.3 Å². The molecule has 3 rings (SSSR count). The molecule has 2 aromatic rings. The molecule has 1 aromatic carbocycles. The van der Waals surface area contributed by atoms with Crippen molar-refractivity contribution in [3.8, 4) is 0 Å². The largest absolute Gasteiger partial charge is 0.399 e. The minimum absolute atomic E-state index is 0.843. The number of fused-ring (bicyclic) bond motifs is 1. The standard InChI is InChI=1S/C12H13N3S/c1-8-5-14-12(16-8)15-6-9-2-3-11(13)4-10(9)7-15/h2-5H,6-7,13H2,1H3. The lowest BCUT2D eigenvalue weighted by molar-refractivity contribution is 0.873. The van der Waals surface area contributed by atoms with E-state index in [-0.39, 0.29) is 0 Å². The van der Waals surface area contributed by atoms with E-state index in [4.69, 9.17) is 5.73 Å². The molecule has 0 fully saturated rings. The molecule has 0 spiro atoms. The van der Waals surface area contributed by atoms with Crippen LogP contribution in [0, 0.1) is 6.92 Å². The number of hydrogen-bond donors (Lipinski definition) is 1. The Hall–Kier alpha value is -1.55. The lowest BCUT2D eigenvalue weighted by Gasteiger charge is -2.12. The first-order valence-corrected chi connectivity index (χ1v) is 6.09. The second-order valence-corrected chi connectivity index (χ2v) is 5.35. The van der Waals surface area contributed by atoms with Gasteiger partial charge >= 0.3 is 0 Å². The van der Waals surface area contributed by atoms with Gasteiger partial charge in [0.15, 0.2) is 5.13 Å². The second kappa shape index (κ2) is 3.49. The molecule has 0 atom stereocenters. The SMILES string of the molecule is Cc1cnc(N2Cc3ccc(N)cc3C2)s1. The van der Waals surface area contributed by atoms with Crippen molar-refractivity contribution in [1.29, 1.82) is 0 Å². The van der Waals surface area contributed by atoms with Crippen LogP contribution in [-0.2, 0) is 13.1 Å². The van der Waals surface area contributed by atoms with Crippen molar-refractivity contribution in [1.82, 2.24) is 4.98 Å². The normalized spacial score (nSPS) is 14.2. The van der Waals surface area contributed by atoms with Crippen LogP contribution in [-0.4, -0.2) is 4.98 Å². The molecule has 0 saturated carbocycles.